The summed E-state index contributed by atoms with van der Waals surface area (Å²) in [6.07, 6.45) is 1.76. The zero-order valence-corrected chi connectivity index (χ0v) is 31.1. The fraction of sp³-hybridized carbons (Fsp3) is 0.162. The number of carbonyl (C=O) groups excluding carboxylic acids is 1. The number of esters is 1. The highest BCUT2D eigenvalue weighted by atomic mass is 127. The van der Waals surface area contributed by atoms with Crippen LogP contribution in [0.3, 0.4) is 0 Å². The van der Waals surface area contributed by atoms with E-state index >= 15 is 0 Å². The van der Waals surface area contributed by atoms with Crippen LogP contribution in [-0.2, 0) is 16.1 Å². The minimum atomic E-state index is -0.899. The van der Waals surface area contributed by atoms with Gasteiger partial charge in [0.1, 0.15) is 18.2 Å². The quantitative estimate of drug-likeness (QED) is 0.111. The molecule has 0 saturated heterocycles. The van der Waals surface area contributed by atoms with Gasteiger partial charge in [-0.1, -0.05) is 75.8 Å². The van der Waals surface area contributed by atoms with Crippen LogP contribution in [0.1, 0.15) is 35.2 Å². The van der Waals surface area contributed by atoms with E-state index in [1.165, 1.54) is 35.1 Å². The molecular formula is C37H29BrFIN2O6S. The van der Waals surface area contributed by atoms with Crippen molar-refractivity contribution in [3.63, 3.8) is 0 Å². The molecule has 6 rings (SSSR count). The van der Waals surface area contributed by atoms with E-state index in [1.54, 1.807) is 50.4 Å². The standard InChI is InChI=1S/C37H29BrFIN2O6S/c1-4-47-36(44)31-32(22-8-6-5-7-9-22)41-37-42(33(31)23-12-15-28(45-2)29(17-23)46-3)35(43)30(49-37)18-24-16-25(38)19-27(40)34(24)48-20-21-10-13-26(39)14-11-21/h5-19,33H,4,20H2,1-3H3/b30-18-/t33-/m0/s1. The Labute approximate surface area is 307 Å². The van der Waals surface area contributed by atoms with Crippen LogP contribution in [-0.4, -0.2) is 31.4 Å². The van der Waals surface area contributed by atoms with Gasteiger partial charge < -0.3 is 18.9 Å². The number of hydrogen-bond donors (Lipinski definition) is 0. The highest BCUT2D eigenvalue weighted by Gasteiger charge is 2.35. The lowest BCUT2D eigenvalue weighted by Crippen LogP contribution is -2.40. The third kappa shape index (κ3) is 7.22. The largest absolute Gasteiger partial charge is 0.493 e. The van der Waals surface area contributed by atoms with Crippen LogP contribution in [0.5, 0.6) is 17.2 Å². The monoisotopic (exact) mass is 854 g/mol. The van der Waals surface area contributed by atoms with Crippen LogP contribution in [0.2, 0.25) is 0 Å². The molecule has 250 valence electrons. The fourth-order valence-electron chi connectivity index (χ4n) is 5.50. The number of nitrogens with zero attached hydrogens (tertiary/aromatic N) is 2. The molecule has 0 N–H and O–H groups in total. The van der Waals surface area contributed by atoms with Gasteiger partial charge >= 0.3 is 5.97 Å². The summed E-state index contributed by atoms with van der Waals surface area (Å²) in [7, 11) is 3.07. The van der Waals surface area contributed by atoms with Crippen molar-refractivity contribution in [2.45, 2.75) is 19.6 Å². The molecular weight excluding hydrogens is 826 g/mol. The van der Waals surface area contributed by atoms with Crippen molar-refractivity contribution in [3.8, 4) is 17.2 Å². The lowest BCUT2D eigenvalue weighted by Gasteiger charge is -2.26. The second kappa shape index (κ2) is 15.1. The predicted molar refractivity (Wildman–Crippen MR) is 198 cm³/mol. The normalized spacial score (nSPS) is 14.2. The Balaban J connectivity index is 1.58. The highest BCUT2D eigenvalue weighted by molar-refractivity contribution is 14.1. The van der Waals surface area contributed by atoms with Crippen LogP contribution < -0.4 is 29.1 Å². The molecule has 0 saturated carbocycles. The first kappa shape index (κ1) is 34.6. The zero-order valence-electron chi connectivity index (χ0n) is 26.5. The van der Waals surface area contributed by atoms with Gasteiger partial charge in [-0.05, 0) is 83.1 Å². The molecule has 0 unspecified atom stereocenters. The summed E-state index contributed by atoms with van der Waals surface area (Å²) in [4.78, 5) is 33.7. The molecule has 2 heterocycles. The molecule has 49 heavy (non-hydrogen) atoms. The Morgan fingerprint density at radius 1 is 1.02 bits per heavy atom. The average molecular weight is 856 g/mol. The van der Waals surface area contributed by atoms with Crippen LogP contribution in [0.15, 0.2) is 105 Å². The van der Waals surface area contributed by atoms with Gasteiger partial charge in [0.05, 0.1) is 46.2 Å². The smallest absolute Gasteiger partial charge is 0.338 e. The fourth-order valence-corrected chi connectivity index (χ4v) is 8.19. The summed E-state index contributed by atoms with van der Waals surface area (Å²) in [5.74, 6) is 0.590. The van der Waals surface area contributed by atoms with Gasteiger partial charge in [0.2, 0.25) is 0 Å². The minimum Gasteiger partial charge on any atom is -0.493 e. The van der Waals surface area contributed by atoms with E-state index in [0.29, 0.717) is 49.0 Å². The number of ether oxygens (including phenoxy) is 4. The Hall–Kier alpha value is -4.27. The third-order valence-electron chi connectivity index (χ3n) is 7.72. The summed E-state index contributed by atoms with van der Waals surface area (Å²) >= 11 is 6.97. The first-order valence-corrected chi connectivity index (χ1v) is 17.8. The molecule has 0 radical (unpaired) electrons. The van der Waals surface area contributed by atoms with E-state index in [0.717, 1.165) is 13.6 Å². The summed E-state index contributed by atoms with van der Waals surface area (Å²) in [5, 5.41) is 0. The Morgan fingerprint density at radius 3 is 2.45 bits per heavy atom. The van der Waals surface area contributed by atoms with Crippen molar-refractivity contribution >= 4 is 67.6 Å². The van der Waals surface area contributed by atoms with E-state index in [9.17, 15) is 14.0 Å². The van der Waals surface area contributed by atoms with E-state index in [-0.39, 0.29) is 30.2 Å². The summed E-state index contributed by atoms with van der Waals surface area (Å²) < 4.78 is 39.9. The molecule has 0 spiro atoms. The van der Waals surface area contributed by atoms with Gasteiger partial charge in [0.25, 0.3) is 5.56 Å². The molecule has 1 atom stereocenters. The molecule has 1 aliphatic heterocycles. The number of methoxy groups -OCH3 is 2. The lowest BCUT2D eigenvalue weighted by molar-refractivity contribution is -0.138. The number of carbonyl (C=O) groups is 1. The summed E-state index contributed by atoms with van der Waals surface area (Å²) in [6.45, 7) is 2.06. The van der Waals surface area contributed by atoms with Gasteiger partial charge in [-0.2, -0.15) is 0 Å². The molecule has 0 bridgehead atoms. The first-order chi connectivity index (χ1) is 23.7. The van der Waals surface area contributed by atoms with Crippen LogP contribution >= 0.6 is 49.9 Å². The van der Waals surface area contributed by atoms with Crippen LogP contribution in [0.25, 0.3) is 11.8 Å². The van der Waals surface area contributed by atoms with Gasteiger partial charge in [-0.25, -0.2) is 14.2 Å². The molecule has 0 fully saturated rings. The highest BCUT2D eigenvalue weighted by Crippen LogP contribution is 2.38. The van der Waals surface area contributed by atoms with Gasteiger partial charge in [-0.3, -0.25) is 9.36 Å². The maximum absolute atomic E-state index is 14.5. The minimum absolute atomic E-state index is 0.135. The van der Waals surface area contributed by atoms with Gasteiger partial charge in [0, 0.05) is 15.6 Å². The first-order valence-electron chi connectivity index (χ1n) is 15.1. The number of aromatic nitrogens is 1. The van der Waals surface area contributed by atoms with Crippen molar-refractivity contribution in [3.05, 3.63) is 146 Å². The van der Waals surface area contributed by atoms with E-state index in [2.05, 4.69) is 38.5 Å². The molecule has 0 aliphatic carbocycles. The van der Waals surface area contributed by atoms with E-state index < -0.39 is 12.0 Å². The zero-order chi connectivity index (χ0) is 34.7. The van der Waals surface area contributed by atoms with Crippen molar-refractivity contribution in [2.24, 2.45) is 4.99 Å². The number of thiazole rings is 1. The van der Waals surface area contributed by atoms with Gasteiger partial charge in [-0.15, -0.1) is 0 Å². The van der Waals surface area contributed by atoms with E-state index in [1.807, 2.05) is 42.5 Å². The number of halogens is 3. The Morgan fingerprint density at radius 2 is 1.76 bits per heavy atom. The number of rotatable bonds is 10. The summed E-state index contributed by atoms with van der Waals surface area (Å²) in [5.41, 5.74) is 3.04. The lowest BCUT2D eigenvalue weighted by atomic mass is 9.93. The summed E-state index contributed by atoms with van der Waals surface area (Å²) in [6, 6.07) is 23.6. The van der Waals surface area contributed by atoms with Crippen molar-refractivity contribution in [1.29, 1.82) is 0 Å². The topological polar surface area (TPSA) is 88.4 Å². The second-order valence-corrected chi connectivity index (χ2v) is 13.9. The average Bonchev–Trinajstić information content (AvgIpc) is 3.41. The SMILES string of the molecule is CCOC(=O)C1=C(c2ccccc2)N=c2s/c(=C\c3cc(Br)cc(I)c3OCc3ccc(F)cc3)c(=O)n2[C@H]1c1ccc(OC)c(OC)c1. The maximum atomic E-state index is 14.5. The van der Waals surface area contributed by atoms with Gasteiger partial charge in [0.15, 0.2) is 16.3 Å². The van der Waals surface area contributed by atoms with Crippen LogP contribution in [0.4, 0.5) is 4.39 Å². The van der Waals surface area contributed by atoms with Crippen molar-refractivity contribution in [1.82, 2.24) is 4.57 Å². The number of fused-ring (bicyclic) bond motifs is 1. The third-order valence-corrected chi connectivity index (χ3v) is 9.96. The number of hydrogen-bond acceptors (Lipinski definition) is 8. The molecule has 5 aromatic rings. The Bertz CT molecular complexity index is 2250. The predicted octanol–water partition coefficient (Wildman–Crippen LogP) is 7.04. The maximum Gasteiger partial charge on any atom is 0.338 e. The van der Waals surface area contributed by atoms with Crippen molar-refractivity contribution < 1.29 is 28.1 Å². The van der Waals surface area contributed by atoms with Crippen LogP contribution in [0, 0.1) is 9.39 Å². The Kier molecular flexibility index (Phi) is 10.7. The number of benzene rings is 4. The van der Waals surface area contributed by atoms with E-state index in [4.69, 9.17) is 23.9 Å². The molecule has 8 nitrogen and oxygen atoms in total. The molecule has 0 amide bonds. The molecule has 12 heteroatoms. The molecule has 1 aliphatic rings. The molecule has 1 aromatic heterocycles. The second-order valence-electron chi connectivity index (χ2n) is 10.8. The molecule has 4 aromatic carbocycles. The van der Waals surface area contributed by atoms with Crippen molar-refractivity contribution in [2.75, 3.05) is 20.8 Å².